The van der Waals surface area contributed by atoms with Crippen molar-refractivity contribution in [1.82, 2.24) is 10.4 Å². The van der Waals surface area contributed by atoms with Gasteiger partial charge in [-0.25, -0.2) is 5.43 Å². The van der Waals surface area contributed by atoms with Crippen LogP contribution in [0.2, 0.25) is 0 Å². The van der Waals surface area contributed by atoms with Gasteiger partial charge >= 0.3 is 0 Å². The predicted octanol–water partition coefficient (Wildman–Crippen LogP) is 1.86. The summed E-state index contributed by atoms with van der Waals surface area (Å²) in [6.07, 6.45) is 7.17. The number of nitrogens with zero attached hydrogens (tertiary/aromatic N) is 2. The highest BCUT2D eigenvalue weighted by atomic mass is 15.6. The van der Waals surface area contributed by atoms with Gasteiger partial charge in [0, 0.05) is 18.8 Å². The molecule has 0 aliphatic carbocycles. The largest absolute Gasteiger partial charge is 0.291 e. The van der Waals surface area contributed by atoms with Crippen molar-refractivity contribution in [2.75, 3.05) is 0 Å². The average Bonchev–Trinajstić information content (AvgIpc) is 2.74. The second kappa shape index (κ2) is 3.51. The van der Waals surface area contributed by atoms with Crippen LogP contribution in [-0.2, 0) is 0 Å². The Bertz CT molecular complexity index is 377. The quantitative estimate of drug-likeness (QED) is 0.747. The number of benzene rings is 1. The van der Waals surface area contributed by atoms with Crippen LogP contribution in [0.5, 0.6) is 0 Å². The van der Waals surface area contributed by atoms with Crippen LogP contribution < -0.4 is 5.43 Å². The zero-order valence-electron chi connectivity index (χ0n) is 8.38. The zero-order chi connectivity index (χ0) is 10.1. The van der Waals surface area contributed by atoms with Gasteiger partial charge < -0.3 is 0 Å². The van der Waals surface area contributed by atoms with Crippen LogP contribution in [-0.4, -0.2) is 17.4 Å². The maximum atomic E-state index is 4.42. The van der Waals surface area contributed by atoms with E-state index in [1.165, 1.54) is 5.56 Å². The van der Waals surface area contributed by atoms with Gasteiger partial charge in [-0.05, 0) is 11.6 Å². The molecular formula is C12H13N3. The van der Waals surface area contributed by atoms with Gasteiger partial charge in [0.1, 0.15) is 6.17 Å². The van der Waals surface area contributed by atoms with Crippen molar-refractivity contribution in [3.05, 3.63) is 48.2 Å². The van der Waals surface area contributed by atoms with Gasteiger partial charge in [-0.1, -0.05) is 30.3 Å². The minimum Gasteiger partial charge on any atom is -0.291 e. The highest BCUT2D eigenvalue weighted by Gasteiger charge is 2.30. The van der Waals surface area contributed by atoms with Crippen LogP contribution in [0.3, 0.4) is 0 Å². The molecule has 76 valence electrons. The lowest BCUT2D eigenvalue weighted by atomic mass is 10.0. The molecule has 3 rings (SSSR count). The molecule has 2 unspecified atom stereocenters. The minimum absolute atomic E-state index is 0.264. The van der Waals surface area contributed by atoms with Gasteiger partial charge in [0.25, 0.3) is 0 Å². The van der Waals surface area contributed by atoms with Crippen molar-refractivity contribution in [2.24, 2.45) is 4.99 Å². The van der Waals surface area contributed by atoms with E-state index in [1.54, 1.807) is 0 Å². The Morgan fingerprint density at radius 2 is 2.13 bits per heavy atom. The van der Waals surface area contributed by atoms with E-state index in [-0.39, 0.29) is 6.17 Å². The number of allylic oxidation sites excluding steroid dienone is 1. The third-order valence-corrected chi connectivity index (χ3v) is 2.87. The summed E-state index contributed by atoms with van der Waals surface area (Å²) in [7, 11) is 0. The fourth-order valence-electron chi connectivity index (χ4n) is 2.09. The second-order valence-corrected chi connectivity index (χ2v) is 3.86. The van der Waals surface area contributed by atoms with E-state index in [9.17, 15) is 0 Å². The summed E-state index contributed by atoms with van der Waals surface area (Å²) in [6.45, 7) is 0. The summed E-state index contributed by atoms with van der Waals surface area (Å²) in [5.41, 5.74) is 4.77. The Hall–Kier alpha value is -1.61. The van der Waals surface area contributed by atoms with Crippen LogP contribution in [0, 0.1) is 0 Å². The first-order valence-corrected chi connectivity index (χ1v) is 5.23. The van der Waals surface area contributed by atoms with Gasteiger partial charge in [0.05, 0.1) is 6.04 Å². The maximum absolute atomic E-state index is 4.42. The summed E-state index contributed by atoms with van der Waals surface area (Å²) in [4.78, 5) is 4.42. The summed E-state index contributed by atoms with van der Waals surface area (Å²) >= 11 is 0. The van der Waals surface area contributed by atoms with Gasteiger partial charge in [0.15, 0.2) is 0 Å². The van der Waals surface area contributed by atoms with Gasteiger partial charge in [-0.3, -0.25) is 10.0 Å². The Morgan fingerprint density at radius 1 is 1.27 bits per heavy atom. The second-order valence-electron chi connectivity index (χ2n) is 3.86. The molecule has 3 nitrogen and oxygen atoms in total. The molecule has 2 aliphatic heterocycles. The van der Waals surface area contributed by atoms with Gasteiger partial charge in [-0.2, -0.15) is 0 Å². The van der Waals surface area contributed by atoms with Crippen LogP contribution in [0.15, 0.2) is 47.6 Å². The highest BCUT2D eigenvalue weighted by Crippen LogP contribution is 2.28. The van der Waals surface area contributed by atoms with Crippen molar-refractivity contribution < 1.29 is 0 Å². The monoisotopic (exact) mass is 199 g/mol. The molecule has 0 aromatic heterocycles. The van der Waals surface area contributed by atoms with E-state index in [0.29, 0.717) is 6.04 Å². The molecule has 0 amide bonds. The molecule has 15 heavy (non-hydrogen) atoms. The lowest BCUT2D eigenvalue weighted by molar-refractivity contribution is 0.267. The van der Waals surface area contributed by atoms with E-state index in [1.807, 2.05) is 24.6 Å². The summed E-state index contributed by atoms with van der Waals surface area (Å²) < 4.78 is 0. The van der Waals surface area contributed by atoms with Crippen LogP contribution in [0.25, 0.3) is 0 Å². The molecule has 1 saturated heterocycles. The first kappa shape index (κ1) is 8.68. The van der Waals surface area contributed by atoms with E-state index in [2.05, 4.69) is 39.7 Å². The third kappa shape index (κ3) is 1.55. The summed E-state index contributed by atoms with van der Waals surface area (Å²) in [5, 5.41) is 2.08. The lowest BCUT2D eigenvalue weighted by Gasteiger charge is -2.20. The van der Waals surface area contributed by atoms with Crippen molar-refractivity contribution in [3.8, 4) is 0 Å². The molecule has 2 atom stereocenters. The molecule has 1 N–H and O–H groups in total. The molecule has 2 aliphatic rings. The van der Waals surface area contributed by atoms with E-state index >= 15 is 0 Å². The van der Waals surface area contributed by atoms with Gasteiger partial charge in [0.2, 0.25) is 0 Å². The number of rotatable bonds is 1. The molecule has 1 aromatic rings. The number of hydrogen-bond donors (Lipinski definition) is 1. The average molecular weight is 199 g/mol. The van der Waals surface area contributed by atoms with E-state index < -0.39 is 0 Å². The molecular weight excluding hydrogens is 186 g/mol. The molecule has 0 radical (unpaired) electrons. The summed E-state index contributed by atoms with van der Waals surface area (Å²) in [5.74, 6) is 0. The number of aliphatic imine (C=N–C) groups is 1. The van der Waals surface area contributed by atoms with Crippen LogP contribution in [0.4, 0.5) is 0 Å². The molecule has 1 aromatic carbocycles. The Morgan fingerprint density at radius 3 is 2.93 bits per heavy atom. The summed E-state index contributed by atoms with van der Waals surface area (Å²) in [6, 6.07) is 10.9. The minimum atomic E-state index is 0.264. The number of fused-ring (bicyclic) bond motifs is 1. The number of nitrogens with one attached hydrogen (secondary N) is 1. The first-order valence-electron chi connectivity index (χ1n) is 5.23. The fraction of sp³-hybridized carbons (Fsp3) is 0.250. The van der Waals surface area contributed by atoms with E-state index in [4.69, 9.17) is 0 Å². The molecule has 1 fully saturated rings. The maximum Gasteiger partial charge on any atom is 0.136 e. The first-order chi connectivity index (χ1) is 7.43. The van der Waals surface area contributed by atoms with Crippen LogP contribution in [0.1, 0.15) is 18.0 Å². The SMILES string of the molecule is C1=CN2NC(c3ccccc3)CC2N=C1. The Kier molecular flexibility index (Phi) is 2.03. The highest BCUT2D eigenvalue weighted by molar-refractivity contribution is 5.71. The molecule has 0 bridgehead atoms. The van der Waals surface area contributed by atoms with Gasteiger partial charge in [-0.15, -0.1) is 0 Å². The smallest absolute Gasteiger partial charge is 0.136 e. The third-order valence-electron chi connectivity index (χ3n) is 2.87. The van der Waals surface area contributed by atoms with Crippen molar-refractivity contribution in [3.63, 3.8) is 0 Å². The molecule has 2 heterocycles. The standard InChI is InChI=1S/C12H13N3/c1-2-5-10(6-3-1)11-9-12-13-7-4-8-15(12)14-11/h1-8,11-12,14H,9H2. The van der Waals surface area contributed by atoms with Crippen molar-refractivity contribution in [1.29, 1.82) is 0 Å². The lowest BCUT2D eigenvalue weighted by Crippen LogP contribution is -2.33. The topological polar surface area (TPSA) is 27.6 Å². The van der Waals surface area contributed by atoms with E-state index in [0.717, 1.165) is 6.42 Å². The molecule has 0 saturated carbocycles. The number of hydrazine groups is 1. The van der Waals surface area contributed by atoms with Crippen molar-refractivity contribution in [2.45, 2.75) is 18.6 Å². The van der Waals surface area contributed by atoms with Crippen LogP contribution >= 0.6 is 0 Å². The Balaban J connectivity index is 1.82. The predicted molar refractivity (Wildman–Crippen MR) is 60.2 cm³/mol. The zero-order valence-corrected chi connectivity index (χ0v) is 8.38. The molecule has 0 spiro atoms. The number of hydrogen-bond acceptors (Lipinski definition) is 3. The Labute approximate surface area is 89.1 Å². The fourth-order valence-corrected chi connectivity index (χ4v) is 2.09. The van der Waals surface area contributed by atoms with Crippen molar-refractivity contribution >= 4 is 6.21 Å². The molecule has 3 heteroatoms. The normalized spacial score (nSPS) is 28.1.